The number of hydrogen-bond donors (Lipinski definition) is 1. The van der Waals surface area contributed by atoms with E-state index in [1.807, 2.05) is 19.1 Å². The second-order valence-electron chi connectivity index (χ2n) is 3.44. The lowest BCUT2D eigenvalue weighted by atomic mass is 10.2. The fourth-order valence-electron chi connectivity index (χ4n) is 1.17. The highest BCUT2D eigenvalue weighted by Crippen LogP contribution is 2.20. The minimum atomic E-state index is 0.667. The molecule has 1 aromatic rings. The Kier molecular flexibility index (Phi) is 4.38. The highest BCUT2D eigenvalue weighted by molar-refractivity contribution is 9.10. The van der Waals surface area contributed by atoms with Gasteiger partial charge in [0.1, 0.15) is 6.07 Å². The maximum atomic E-state index is 8.89. The summed E-state index contributed by atoms with van der Waals surface area (Å²) in [4.78, 5) is 0. The molecule has 1 rings (SSSR count). The molecule has 0 aromatic heterocycles. The summed E-state index contributed by atoms with van der Waals surface area (Å²) in [5.41, 5.74) is 2.67. The summed E-state index contributed by atoms with van der Waals surface area (Å²) in [5.74, 6) is 0. The molecule has 15 heavy (non-hydrogen) atoms. The zero-order valence-corrected chi connectivity index (χ0v) is 10.3. The highest BCUT2D eigenvalue weighted by atomic mass is 79.9. The van der Waals surface area contributed by atoms with Crippen molar-refractivity contribution < 1.29 is 0 Å². The minimum Gasteiger partial charge on any atom is -0.384 e. The summed E-state index contributed by atoms with van der Waals surface area (Å²) in [6, 6.07) is 7.73. The average Bonchev–Trinajstić information content (AvgIpc) is 2.17. The average molecular weight is 265 g/mol. The van der Waals surface area contributed by atoms with E-state index in [0.29, 0.717) is 5.56 Å². The van der Waals surface area contributed by atoms with Crippen LogP contribution in [0.1, 0.15) is 18.9 Å². The van der Waals surface area contributed by atoms with Crippen LogP contribution in [-0.2, 0) is 0 Å². The predicted molar refractivity (Wildman–Crippen MR) is 66.8 cm³/mol. The third-order valence-electron chi connectivity index (χ3n) is 1.97. The van der Waals surface area contributed by atoms with E-state index in [-0.39, 0.29) is 0 Å². The molecule has 0 spiro atoms. The van der Waals surface area contributed by atoms with Crippen molar-refractivity contribution in [1.29, 1.82) is 5.26 Å². The van der Waals surface area contributed by atoms with Crippen LogP contribution in [-0.4, -0.2) is 6.54 Å². The molecule has 1 aromatic carbocycles. The second-order valence-corrected chi connectivity index (χ2v) is 4.35. The van der Waals surface area contributed by atoms with E-state index < -0.39 is 0 Å². The number of nitrogens with zero attached hydrogens (tertiary/aromatic N) is 1. The summed E-state index contributed by atoms with van der Waals surface area (Å²) in [7, 11) is 0. The van der Waals surface area contributed by atoms with Gasteiger partial charge in [-0.2, -0.15) is 5.26 Å². The Balaban J connectivity index is 2.71. The molecule has 0 saturated carbocycles. The summed E-state index contributed by atoms with van der Waals surface area (Å²) in [6.07, 6.45) is 0.914. The number of benzene rings is 1. The number of hydrogen-bond acceptors (Lipinski definition) is 2. The fraction of sp³-hybridized carbons (Fsp3) is 0.250. The molecule has 0 bridgehead atoms. The van der Waals surface area contributed by atoms with Gasteiger partial charge in [-0.15, -0.1) is 6.58 Å². The maximum absolute atomic E-state index is 8.89. The molecule has 3 heteroatoms. The number of halogens is 1. The van der Waals surface area contributed by atoms with Crippen LogP contribution in [0.3, 0.4) is 0 Å². The van der Waals surface area contributed by atoms with E-state index in [4.69, 9.17) is 5.26 Å². The van der Waals surface area contributed by atoms with E-state index in [9.17, 15) is 0 Å². The van der Waals surface area contributed by atoms with Gasteiger partial charge in [-0.3, -0.25) is 0 Å². The molecule has 0 aliphatic heterocycles. The van der Waals surface area contributed by atoms with Crippen molar-refractivity contribution in [2.45, 2.75) is 13.3 Å². The largest absolute Gasteiger partial charge is 0.384 e. The molecule has 0 fully saturated rings. The Hall–Kier alpha value is -1.27. The number of rotatable bonds is 4. The Morgan fingerprint density at radius 2 is 2.33 bits per heavy atom. The van der Waals surface area contributed by atoms with Crippen molar-refractivity contribution in [2.24, 2.45) is 0 Å². The summed E-state index contributed by atoms with van der Waals surface area (Å²) >= 11 is 3.38. The standard InChI is InChI=1S/C12H13BrN2/c1-9(2)5-6-15-12-7-11(13)4-3-10(12)8-14/h3-4,7,15H,1,5-6H2,2H3. The van der Waals surface area contributed by atoms with Gasteiger partial charge in [-0.25, -0.2) is 0 Å². The maximum Gasteiger partial charge on any atom is 0.101 e. The minimum absolute atomic E-state index is 0.667. The van der Waals surface area contributed by atoms with E-state index in [0.717, 1.165) is 28.7 Å². The van der Waals surface area contributed by atoms with Crippen LogP contribution < -0.4 is 5.32 Å². The molecule has 0 aliphatic carbocycles. The lowest BCUT2D eigenvalue weighted by Gasteiger charge is -2.08. The molecule has 78 valence electrons. The lowest BCUT2D eigenvalue weighted by Crippen LogP contribution is -2.03. The van der Waals surface area contributed by atoms with Crippen LogP contribution in [0.2, 0.25) is 0 Å². The van der Waals surface area contributed by atoms with Crippen LogP contribution >= 0.6 is 15.9 Å². The molecule has 0 heterocycles. The van der Waals surface area contributed by atoms with Gasteiger partial charge < -0.3 is 5.32 Å². The molecule has 0 aliphatic rings. The van der Waals surface area contributed by atoms with Crippen molar-refractivity contribution >= 4 is 21.6 Å². The highest BCUT2D eigenvalue weighted by Gasteiger charge is 2.01. The Morgan fingerprint density at radius 3 is 2.93 bits per heavy atom. The third kappa shape index (κ3) is 3.77. The van der Waals surface area contributed by atoms with Gasteiger partial charge in [0, 0.05) is 11.0 Å². The zero-order chi connectivity index (χ0) is 11.3. The summed E-state index contributed by atoms with van der Waals surface area (Å²) in [6.45, 7) is 6.63. The number of nitriles is 1. The van der Waals surface area contributed by atoms with Gasteiger partial charge in [-0.1, -0.05) is 21.5 Å². The van der Waals surface area contributed by atoms with Crippen LogP contribution in [0.4, 0.5) is 5.69 Å². The van der Waals surface area contributed by atoms with Crippen LogP contribution in [0.5, 0.6) is 0 Å². The molecule has 0 atom stereocenters. The molecule has 0 amide bonds. The second kappa shape index (κ2) is 5.57. The number of nitrogens with one attached hydrogen (secondary N) is 1. The monoisotopic (exact) mass is 264 g/mol. The SMILES string of the molecule is C=C(C)CCNc1cc(Br)ccc1C#N. The van der Waals surface area contributed by atoms with Gasteiger partial charge in [0.15, 0.2) is 0 Å². The first-order chi connectivity index (χ1) is 7.13. The summed E-state index contributed by atoms with van der Waals surface area (Å²) < 4.78 is 0.972. The van der Waals surface area contributed by atoms with Crippen molar-refractivity contribution in [3.8, 4) is 6.07 Å². The predicted octanol–water partition coefficient (Wildman–Crippen LogP) is 3.70. The normalized spacial score (nSPS) is 9.40. The van der Waals surface area contributed by atoms with Crippen LogP contribution in [0, 0.1) is 11.3 Å². The first-order valence-electron chi connectivity index (χ1n) is 4.71. The molecule has 0 saturated heterocycles. The van der Waals surface area contributed by atoms with E-state index >= 15 is 0 Å². The fourth-order valence-corrected chi connectivity index (χ4v) is 1.53. The van der Waals surface area contributed by atoms with Gasteiger partial charge in [-0.05, 0) is 31.5 Å². The van der Waals surface area contributed by atoms with Crippen molar-refractivity contribution in [1.82, 2.24) is 0 Å². The van der Waals surface area contributed by atoms with Crippen molar-refractivity contribution in [3.63, 3.8) is 0 Å². The Labute approximate surface area is 98.7 Å². The van der Waals surface area contributed by atoms with Gasteiger partial charge >= 0.3 is 0 Å². The molecule has 0 radical (unpaired) electrons. The van der Waals surface area contributed by atoms with Crippen LogP contribution in [0.25, 0.3) is 0 Å². The molecular weight excluding hydrogens is 252 g/mol. The lowest BCUT2D eigenvalue weighted by molar-refractivity contribution is 1.00. The molecule has 2 nitrogen and oxygen atoms in total. The van der Waals surface area contributed by atoms with E-state index in [1.54, 1.807) is 6.07 Å². The smallest absolute Gasteiger partial charge is 0.101 e. The Bertz CT molecular complexity index is 405. The topological polar surface area (TPSA) is 35.8 Å². The molecular formula is C12H13BrN2. The third-order valence-corrected chi connectivity index (χ3v) is 2.46. The van der Waals surface area contributed by atoms with Crippen molar-refractivity contribution in [2.75, 3.05) is 11.9 Å². The van der Waals surface area contributed by atoms with Crippen LogP contribution in [0.15, 0.2) is 34.8 Å². The quantitative estimate of drug-likeness (QED) is 0.842. The first kappa shape index (κ1) is 11.8. The summed E-state index contributed by atoms with van der Waals surface area (Å²) in [5, 5.41) is 12.1. The van der Waals surface area contributed by atoms with E-state index in [2.05, 4.69) is 33.9 Å². The number of anilines is 1. The van der Waals surface area contributed by atoms with Crippen molar-refractivity contribution in [3.05, 3.63) is 40.4 Å². The van der Waals surface area contributed by atoms with Gasteiger partial charge in [0.25, 0.3) is 0 Å². The first-order valence-corrected chi connectivity index (χ1v) is 5.50. The van der Waals surface area contributed by atoms with E-state index in [1.165, 1.54) is 0 Å². The molecule has 0 unspecified atom stereocenters. The zero-order valence-electron chi connectivity index (χ0n) is 8.68. The van der Waals surface area contributed by atoms with Gasteiger partial charge in [0.05, 0.1) is 11.3 Å². The Morgan fingerprint density at radius 1 is 1.60 bits per heavy atom. The van der Waals surface area contributed by atoms with Gasteiger partial charge in [0.2, 0.25) is 0 Å². The molecule has 1 N–H and O–H groups in total.